The summed E-state index contributed by atoms with van der Waals surface area (Å²) in [4.78, 5) is 12.7. The largest absolute Gasteiger partial charge is 0.493 e. The van der Waals surface area contributed by atoms with E-state index in [0.717, 1.165) is 16.5 Å². The number of hydrogen-bond donors (Lipinski definition) is 1. The number of rotatable bonds is 7. The van der Waals surface area contributed by atoms with E-state index < -0.39 is 0 Å². The third kappa shape index (κ3) is 4.10. The minimum Gasteiger partial charge on any atom is -0.493 e. The van der Waals surface area contributed by atoms with Crippen molar-refractivity contribution in [3.05, 3.63) is 72.3 Å². The molecule has 0 bridgehead atoms. The number of hydrogen-bond acceptors (Lipinski definition) is 3. The van der Waals surface area contributed by atoms with Crippen LogP contribution in [-0.2, 0) is 0 Å². The van der Waals surface area contributed by atoms with Crippen molar-refractivity contribution in [3.63, 3.8) is 0 Å². The lowest BCUT2D eigenvalue weighted by Gasteiger charge is -2.14. The summed E-state index contributed by atoms with van der Waals surface area (Å²) >= 11 is 0. The summed E-state index contributed by atoms with van der Waals surface area (Å²) < 4.78 is 11.3. The molecule has 3 aromatic carbocycles. The fourth-order valence-corrected chi connectivity index (χ4v) is 2.70. The predicted molar refractivity (Wildman–Crippen MR) is 99.4 cm³/mol. The molecule has 0 aliphatic rings. The lowest BCUT2D eigenvalue weighted by Crippen LogP contribution is -2.28. The van der Waals surface area contributed by atoms with Gasteiger partial charge < -0.3 is 14.8 Å². The second-order valence-corrected chi connectivity index (χ2v) is 5.51. The van der Waals surface area contributed by atoms with Crippen LogP contribution in [0.25, 0.3) is 10.8 Å². The predicted octanol–water partition coefficient (Wildman–Crippen LogP) is 4.05. The van der Waals surface area contributed by atoms with Crippen molar-refractivity contribution in [1.29, 1.82) is 0 Å². The number of carbonyl (C=O) groups is 1. The van der Waals surface area contributed by atoms with E-state index in [-0.39, 0.29) is 5.91 Å². The number of ether oxygens (including phenoxy) is 2. The zero-order valence-corrected chi connectivity index (χ0v) is 14.2. The van der Waals surface area contributed by atoms with Crippen LogP contribution in [0.2, 0.25) is 0 Å². The Morgan fingerprint density at radius 2 is 1.68 bits per heavy atom. The molecular weight excluding hydrogens is 314 g/mol. The summed E-state index contributed by atoms with van der Waals surface area (Å²) in [5.74, 6) is 1.23. The highest BCUT2D eigenvalue weighted by molar-refractivity contribution is 6.09. The first kappa shape index (κ1) is 16.8. The van der Waals surface area contributed by atoms with Crippen molar-refractivity contribution in [3.8, 4) is 11.5 Å². The van der Waals surface area contributed by atoms with Gasteiger partial charge in [0.15, 0.2) is 0 Å². The van der Waals surface area contributed by atoms with Gasteiger partial charge in [-0.05, 0) is 35.9 Å². The molecule has 0 fully saturated rings. The van der Waals surface area contributed by atoms with Gasteiger partial charge in [0.1, 0.15) is 18.1 Å². The summed E-state index contributed by atoms with van der Waals surface area (Å²) in [6, 6.07) is 21.2. The first-order chi connectivity index (χ1) is 12.3. The van der Waals surface area contributed by atoms with E-state index in [9.17, 15) is 4.79 Å². The average Bonchev–Trinajstić information content (AvgIpc) is 2.66. The Morgan fingerprint density at radius 3 is 2.48 bits per heavy atom. The maximum absolute atomic E-state index is 12.7. The highest BCUT2D eigenvalue weighted by Crippen LogP contribution is 2.28. The van der Waals surface area contributed by atoms with Gasteiger partial charge in [-0.15, -0.1) is 0 Å². The Morgan fingerprint density at radius 1 is 0.920 bits per heavy atom. The van der Waals surface area contributed by atoms with E-state index in [1.165, 1.54) is 0 Å². The standard InChI is InChI=1S/C21H21NO3/c1-2-24-19-13-12-16-8-6-7-11-18(16)20(19)21(23)22-14-15-25-17-9-4-3-5-10-17/h3-13H,2,14-15H2,1H3,(H,22,23). The van der Waals surface area contributed by atoms with Crippen molar-refractivity contribution >= 4 is 16.7 Å². The first-order valence-corrected chi connectivity index (χ1v) is 8.40. The molecule has 0 heterocycles. The van der Waals surface area contributed by atoms with Gasteiger partial charge in [-0.25, -0.2) is 0 Å². The molecule has 0 spiro atoms. The number of benzene rings is 3. The van der Waals surface area contributed by atoms with Crippen molar-refractivity contribution in [2.24, 2.45) is 0 Å². The average molecular weight is 335 g/mol. The minimum atomic E-state index is -0.156. The third-order valence-corrected chi connectivity index (χ3v) is 3.82. The van der Waals surface area contributed by atoms with Crippen LogP contribution in [0.4, 0.5) is 0 Å². The molecule has 0 aliphatic carbocycles. The second-order valence-electron chi connectivity index (χ2n) is 5.51. The molecule has 0 saturated carbocycles. The molecule has 0 saturated heterocycles. The third-order valence-electron chi connectivity index (χ3n) is 3.82. The Bertz CT molecular complexity index is 846. The molecule has 0 unspecified atom stereocenters. The fourth-order valence-electron chi connectivity index (χ4n) is 2.70. The summed E-state index contributed by atoms with van der Waals surface area (Å²) in [6.07, 6.45) is 0. The molecule has 3 aromatic rings. The van der Waals surface area contributed by atoms with Crippen LogP contribution in [0, 0.1) is 0 Å². The van der Waals surface area contributed by atoms with Gasteiger partial charge in [-0.3, -0.25) is 4.79 Å². The molecule has 1 N–H and O–H groups in total. The van der Waals surface area contributed by atoms with E-state index in [1.807, 2.05) is 73.7 Å². The second kappa shape index (κ2) is 8.20. The van der Waals surface area contributed by atoms with Crippen molar-refractivity contribution < 1.29 is 14.3 Å². The van der Waals surface area contributed by atoms with Crippen LogP contribution in [-0.4, -0.2) is 25.7 Å². The number of nitrogens with one attached hydrogen (secondary N) is 1. The maximum atomic E-state index is 12.7. The summed E-state index contributed by atoms with van der Waals surface area (Å²) in [5.41, 5.74) is 0.569. The monoisotopic (exact) mass is 335 g/mol. The maximum Gasteiger partial charge on any atom is 0.255 e. The van der Waals surface area contributed by atoms with E-state index in [1.54, 1.807) is 0 Å². The molecule has 0 aromatic heterocycles. The molecule has 0 radical (unpaired) electrons. The van der Waals surface area contributed by atoms with Gasteiger partial charge >= 0.3 is 0 Å². The molecule has 0 aliphatic heterocycles. The highest BCUT2D eigenvalue weighted by Gasteiger charge is 2.16. The van der Waals surface area contributed by atoms with Gasteiger partial charge in [-0.1, -0.05) is 48.5 Å². The first-order valence-electron chi connectivity index (χ1n) is 8.40. The topological polar surface area (TPSA) is 47.6 Å². The zero-order chi connectivity index (χ0) is 17.5. The molecule has 128 valence electrons. The molecule has 4 heteroatoms. The molecule has 1 amide bonds. The number of para-hydroxylation sites is 1. The number of carbonyl (C=O) groups excluding carboxylic acids is 1. The number of fused-ring (bicyclic) bond motifs is 1. The number of amides is 1. The summed E-state index contributed by atoms with van der Waals surface area (Å²) in [6.45, 7) is 3.24. The molecular formula is C21H21NO3. The Hall–Kier alpha value is -3.01. The van der Waals surface area contributed by atoms with E-state index in [0.29, 0.717) is 31.1 Å². The fraction of sp³-hybridized carbons (Fsp3) is 0.190. The normalized spacial score (nSPS) is 10.4. The molecule has 4 nitrogen and oxygen atoms in total. The minimum absolute atomic E-state index is 0.156. The van der Waals surface area contributed by atoms with Gasteiger partial charge in [0.2, 0.25) is 0 Å². The Labute approximate surface area is 147 Å². The van der Waals surface area contributed by atoms with E-state index >= 15 is 0 Å². The lowest BCUT2D eigenvalue weighted by molar-refractivity contribution is 0.0945. The van der Waals surface area contributed by atoms with Crippen LogP contribution >= 0.6 is 0 Å². The van der Waals surface area contributed by atoms with E-state index in [2.05, 4.69) is 5.32 Å². The summed E-state index contributed by atoms with van der Waals surface area (Å²) in [7, 11) is 0. The van der Waals surface area contributed by atoms with Gasteiger partial charge in [0.05, 0.1) is 18.7 Å². The van der Waals surface area contributed by atoms with Crippen LogP contribution in [0.15, 0.2) is 66.7 Å². The molecule has 3 rings (SSSR count). The molecule has 0 atom stereocenters. The van der Waals surface area contributed by atoms with Gasteiger partial charge in [0.25, 0.3) is 5.91 Å². The Balaban J connectivity index is 1.71. The van der Waals surface area contributed by atoms with Gasteiger partial charge in [-0.2, -0.15) is 0 Å². The van der Waals surface area contributed by atoms with Crippen molar-refractivity contribution in [1.82, 2.24) is 5.32 Å². The van der Waals surface area contributed by atoms with Crippen molar-refractivity contribution in [2.45, 2.75) is 6.92 Å². The smallest absolute Gasteiger partial charge is 0.255 e. The Kier molecular flexibility index (Phi) is 5.52. The SMILES string of the molecule is CCOc1ccc2ccccc2c1C(=O)NCCOc1ccccc1. The van der Waals surface area contributed by atoms with E-state index in [4.69, 9.17) is 9.47 Å². The van der Waals surface area contributed by atoms with Crippen LogP contribution in [0.1, 0.15) is 17.3 Å². The molecule has 25 heavy (non-hydrogen) atoms. The quantitative estimate of drug-likeness (QED) is 0.663. The van der Waals surface area contributed by atoms with Crippen molar-refractivity contribution in [2.75, 3.05) is 19.8 Å². The zero-order valence-electron chi connectivity index (χ0n) is 14.2. The summed E-state index contributed by atoms with van der Waals surface area (Å²) in [5, 5.41) is 4.81. The van der Waals surface area contributed by atoms with Crippen LogP contribution < -0.4 is 14.8 Å². The van der Waals surface area contributed by atoms with Gasteiger partial charge in [0, 0.05) is 0 Å². The highest BCUT2D eigenvalue weighted by atomic mass is 16.5. The van der Waals surface area contributed by atoms with Crippen LogP contribution in [0.5, 0.6) is 11.5 Å². The lowest BCUT2D eigenvalue weighted by atomic mass is 10.0. The van der Waals surface area contributed by atoms with Crippen LogP contribution in [0.3, 0.4) is 0 Å².